The van der Waals surface area contributed by atoms with Gasteiger partial charge in [0.25, 0.3) is 6.47 Å². The molecule has 0 unspecified atom stereocenters. The van der Waals surface area contributed by atoms with Gasteiger partial charge < -0.3 is 18.9 Å². The lowest BCUT2D eigenvalue weighted by atomic mass is 10.1. The zero-order valence-corrected chi connectivity index (χ0v) is 16.2. The number of fused-ring (bicyclic) bond motifs is 3. The lowest BCUT2D eigenvalue weighted by Gasteiger charge is -2.26. The Balaban J connectivity index is 0.000000645. The molecule has 1 saturated heterocycles. The first kappa shape index (κ1) is 19.4. The highest BCUT2D eigenvalue weighted by Crippen LogP contribution is 2.33. The van der Waals surface area contributed by atoms with Gasteiger partial charge in [0.05, 0.1) is 29.3 Å². The molecule has 0 radical (unpaired) electrons. The van der Waals surface area contributed by atoms with E-state index in [1.807, 2.05) is 30.5 Å². The van der Waals surface area contributed by atoms with Crippen molar-refractivity contribution >= 4 is 40.0 Å². The fourth-order valence-corrected chi connectivity index (χ4v) is 3.92. The van der Waals surface area contributed by atoms with E-state index in [0.29, 0.717) is 17.5 Å². The topological polar surface area (TPSA) is 103 Å². The van der Waals surface area contributed by atoms with E-state index in [0.717, 1.165) is 59.5 Å². The number of rotatable bonds is 3. The third kappa shape index (κ3) is 3.94. The number of pyridine rings is 1. The largest absolute Gasteiger partial charge is 0.483 e. The number of nitrogens with zero attached hydrogens (tertiary/aromatic N) is 4. The Kier molecular flexibility index (Phi) is 5.73. The van der Waals surface area contributed by atoms with Gasteiger partial charge in [-0.25, -0.2) is 4.98 Å². The summed E-state index contributed by atoms with van der Waals surface area (Å²) in [6.07, 6.45) is 5.97. The van der Waals surface area contributed by atoms with E-state index in [2.05, 4.69) is 14.7 Å². The van der Waals surface area contributed by atoms with Gasteiger partial charge >= 0.3 is 0 Å². The van der Waals surface area contributed by atoms with Gasteiger partial charge in [0.1, 0.15) is 17.6 Å². The van der Waals surface area contributed by atoms with Crippen LogP contribution < -0.4 is 0 Å². The van der Waals surface area contributed by atoms with Gasteiger partial charge in [-0.05, 0) is 31.0 Å². The van der Waals surface area contributed by atoms with Crippen molar-refractivity contribution in [3.63, 3.8) is 0 Å². The van der Waals surface area contributed by atoms with Gasteiger partial charge in [0.15, 0.2) is 0 Å². The summed E-state index contributed by atoms with van der Waals surface area (Å²) in [6, 6.07) is 8.01. The number of carboxylic acid groups (broad SMARTS) is 1. The van der Waals surface area contributed by atoms with Crippen molar-refractivity contribution in [3.8, 4) is 0 Å². The van der Waals surface area contributed by atoms with Crippen LogP contribution in [0.2, 0.25) is 5.02 Å². The summed E-state index contributed by atoms with van der Waals surface area (Å²) in [7, 11) is 0. The normalized spacial score (nSPS) is 14.7. The molecule has 1 aliphatic heterocycles. The highest BCUT2D eigenvalue weighted by atomic mass is 35.5. The SMILES string of the molecule is Clc1ccc2ncc3nc(Cc4ccon4)n(C4CCOCC4)c3c2c1.O=CO. The molecule has 1 N–H and O–H groups in total. The van der Waals surface area contributed by atoms with Crippen LogP contribution in [0, 0.1) is 0 Å². The van der Waals surface area contributed by atoms with Crippen LogP contribution in [0.4, 0.5) is 0 Å². The molecule has 8 nitrogen and oxygen atoms in total. The van der Waals surface area contributed by atoms with Gasteiger partial charge in [-0.15, -0.1) is 0 Å². The quantitative estimate of drug-likeness (QED) is 0.507. The van der Waals surface area contributed by atoms with Crippen LogP contribution in [-0.2, 0) is 16.0 Å². The third-order valence-electron chi connectivity index (χ3n) is 4.94. The third-order valence-corrected chi connectivity index (χ3v) is 5.17. The van der Waals surface area contributed by atoms with E-state index in [9.17, 15) is 0 Å². The fraction of sp³-hybridized carbons (Fsp3) is 0.300. The van der Waals surface area contributed by atoms with Gasteiger partial charge in [0.2, 0.25) is 0 Å². The predicted octanol–water partition coefficient (Wildman–Crippen LogP) is 3.87. The zero-order chi connectivity index (χ0) is 20.2. The first-order valence-corrected chi connectivity index (χ1v) is 9.59. The molecule has 5 rings (SSSR count). The number of imidazole rings is 1. The van der Waals surface area contributed by atoms with Crippen LogP contribution in [0.3, 0.4) is 0 Å². The minimum Gasteiger partial charge on any atom is -0.483 e. The molecular weight excluding hydrogens is 396 g/mol. The standard InChI is InChI=1S/C19H17ClN4O2.CH2O2/c20-12-1-2-16-15(9-12)19-17(11-21-16)22-18(10-13-3-8-26-23-13)24(19)14-4-6-25-7-5-14;2-1-3/h1-3,8-9,11,14H,4-7,10H2;1H,(H,2,3). The summed E-state index contributed by atoms with van der Waals surface area (Å²) in [5.74, 6) is 0.968. The number of hydrogen-bond acceptors (Lipinski definition) is 6. The van der Waals surface area contributed by atoms with E-state index in [1.54, 1.807) is 6.26 Å². The van der Waals surface area contributed by atoms with Gasteiger partial charge in [-0.3, -0.25) is 9.78 Å². The maximum Gasteiger partial charge on any atom is 0.290 e. The minimum atomic E-state index is -0.250. The number of halogens is 1. The Hall–Kier alpha value is -2.97. The number of carbonyl (C=O) groups is 1. The highest BCUT2D eigenvalue weighted by Gasteiger charge is 2.24. The van der Waals surface area contributed by atoms with Crippen LogP contribution in [0.1, 0.15) is 30.4 Å². The Bertz CT molecular complexity index is 1120. The number of ether oxygens (including phenoxy) is 1. The molecule has 0 atom stereocenters. The molecule has 9 heteroatoms. The Morgan fingerprint density at radius 2 is 2.03 bits per heavy atom. The number of benzene rings is 1. The van der Waals surface area contributed by atoms with Gasteiger partial charge in [0, 0.05) is 35.7 Å². The van der Waals surface area contributed by atoms with Crippen LogP contribution in [0.15, 0.2) is 41.2 Å². The molecule has 1 aromatic carbocycles. The molecular formula is C20H19ClN4O4. The maximum absolute atomic E-state index is 8.36. The van der Waals surface area contributed by atoms with Crippen LogP contribution in [-0.4, -0.2) is 44.5 Å². The van der Waals surface area contributed by atoms with E-state index in [-0.39, 0.29) is 6.47 Å². The summed E-state index contributed by atoms with van der Waals surface area (Å²) < 4.78 is 12.9. The van der Waals surface area contributed by atoms with Crippen molar-refractivity contribution in [3.05, 3.63) is 53.3 Å². The summed E-state index contributed by atoms with van der Waals surface area (Å²) in [6.45, 7) is 1.27. The van der Waals surface area contributed by atoms with E-state index >= 15 is 0 Å². The molecule has 150 valence electrons. The lowest BCUT2D eigenvalue weighted by molar-refractivity contribution is -0.122. The van der Waals surface area contributed by atoms with Crippen molar-refractivity contribution in [2.45, 2.75) is 25.3 Å². The molecule has 1 fully saturated rings. The van der Waals surface area contributed by atoms with Crippen molar-refractivity contribution in [2.75, 3.05) is 13.2 Å². The molecule has 4 aromatic rings. The number of aromatic nitrogens is 4. The molecule has 1 aliphatic rings. The average Bonchev–Trinajstić information content (AvgIpc) is 3.37. The van der Waals surface area contributed by atoms with Crippen LogP contribution in [0.5, 0.6) is 0 Å². The smallest absolute Gasteiger partial charge is 0.290 e. The highest BCUT2D eigenvalue weighted by molar-refractivity contribution is 6.31. The second-order valence-corrected chi connectivity index (χ2v) is 7.10. The molecule has 0 aliphatic carbocycles. The fourth-order valence-electron chi connectivity index (χ4n) is 3.75. The Labute approximate surface area is 171 Å². The zero-order valence-electron chi connectivity index (χ0n) is 15.5. The first-order valence-electron chi connectivity index (χ1n) is 9.21. The van der Waals surface area contributed by atoms with Crippen LogP contribution in [0.25, 0.3) is 21.9 Å². The summed E-state index contributed by atoms with van der Waals surface area (Å²) >= 11 is 6.28. The van der Waals surface area contributed by atoms with Crippen molar-refractivity contribution in [1.29, 1.82) is 0 Å². The molecule has 3 aromatic heterocycles. The lowest BCUT2D eigenvalue weighted by Crippen LogP contribution is -2.21. The van der Waals surface area contributed by atoms with Crippen molar-refractivity contribution in [1.82, 2.24) is 19.7 Å². The van der Waals surface area contributed by atoms with Gasteiger partial charge in [-0.2, -0.15) is 0 Å². The van der Waals surface area contributed by atoms with Crippen molar-refractivity contribution < 1.29 is 19.2 Å². The Morgan fingerprint density at radius 1 is 1.24 bits per heavy atom. The van der Waals surface area contributed by atoms with Crippen LogP contribution >= 0.6 is 11.6 Å². The molecule has 4 heterocycles. The van der Waals surface area contributed by atoms with Gasteiger partial charge in [-0.1, -0.05) is 16.8 Å². The monoisotopic (exact) mass is 414 g/mol. The molecule has 0 saturated carbocycles. The molecule has 0 bridgehead atoms. The summed E-state index contributed by atoms with van der Waals surface area (Å²) in [4.78, 5) is 17.8. The maximum atomic E-state index is 8.36. The number of hydrogen-bond donors (Lipinski definition) is 1. The Morgan fingerprint density at radius 3 is 2.76 bits per heavy atom. The molecule has 29 heavy (non-hydrogen) atoms. The molecule has 0 amide bonds. The van der Waals surface area contributed by atoms with E-state index < -0.39 is 0 Å². The second-order valence-electron chi connectivity index (χ2n) is 6.67. The predicted molar refractivity (Wildman–Crippen MR) is 107 cm³/mol. The molecule has 0 spiro atoms. The van der Waals surface area contributed by atoms with E-state index in [4.69, 9.17) is 35.7 Å². The van der Waals surface area contributed by atoms with E-state index in [1.165, 1.54) is 0 Å². The second kappa shape index (κ2) is 8.59. The minimum absolute atomic E-state index is 0.250. The summed E-state index contributed by atoms with van der Waals surface area (Å²) in [5.41, 5.74) is 3.75. The first-order chi connectivity index (χ1) is 14.2. The average molecular weight is 415 g/mol. The van der Waals surface area contributed by atoms with Crippen molar-refractivity contribution in [2.24, 2.45) is 0 Å². The summed E-state index contributed by atoms with van der Waals surface area (Å²) in [5, 5.41) is 12.7.